The molecule has 0 saturated heterocycles. The molecule has 0 aliphatic heterocycles. The molecule has 0 saturated carbocycles. The normalized spacial score (nSPS) is 11.0. The fourth-order valence-corrected chi connectivity index (χ4v) is 2.07. The molecular weight excluding hydrogens is 276 g/mol. The Hall–Kier alpha value is -2.38. The van der Waals surface area contributed by atoms with Gasteiger partial charge in [0.25, 0.3) is 5.56 Å². The van der Waals surface area contributed by atoms with Gasteiger partial charge in [-0.05, 0) is 6.42 Å². The number of hydrogen-bond acceptors (Lipinski definition) is 5. The summed E-state index contributed by atoms with van der Waals surface area (Å²) in [6.07, 6.45) is 4.18. The summed E-state index contributed by atoms with van der Waals surface area (Å²) in [5, 5.41) is 0. The fourth-order valence-electron chi connectivity index (χ4n) is 2.07. The van der Waals surface area contributed by atoms with Gasteiger partial charge in [0.2, 0.25) is 0 Å². The second-order valence-corrected chi connectivity index (χ2v) is 4.87. The molecule has 0 fully saturated rings. The molecule has 0 aliphatic rings. The van der Waals surface area contributed by atoms with Crippen molar-refractivity contribution in [3.8, 4) is 0 Å². The summed E-state index contributed by atoms with van der Waals surface area (Å²) in [5.41, 5.74) is -0.771. The van der Waals surface area contributed by atoms with E-state index in [1.807, 2.05) is 6.92 Å². The fraction of sp³-hybridized carbons (Fsp3) is 0.538. The molecule has 2 heterocycles. The number of carbonyl (C=O) groups excluding carboxylic acids is 1. The van der Waals surface area contributed by atoms with Crippen LogP contribution in [-0.4, -0.2) is 24.8 Å². The van der Waals surface area contributed by atoms with E-state index in [-0.39, 0.29) is 17.6 Å². The van der Waals surface area contributed by atoms with Crippen molar-refractivity contribution in [3.05, 3.63) is 27.2 Å². The molecule has 0 aliphatic carbocycles. The van der Waals surface area contributed by atoms with Gasteiger partial charge in [-0.1, -0.05) is 19.8 Å². The average Bonchev–Trinajstić information content (AvgIpc) is 2.87. The van der Waals surface area contributed by atoms with Gasteiger partial charge in [0.05, 0.1) is 0 Å². The van der Waals surface area contributed by atoms with Crippen molar-refractivity contribution in [1.82, 2.24) is 18.8 Å². The van der Waals surface area contributed by atoms with Gasteiger partial charge >= 0.3 is 11.7 Å². The highest BCUT2D eigenvalue weighted by Gasteiger charge is 2.16. The van der Waals surface area contributed by atoms with Crippen molar-refractivity contribution in [2.75, 3.05) is 0 Å². The van der Waals surface area contributed by atoms with Crippen LogP contribution in [0.4, 0.5) is 0 Å². The molecular formula is C13H18N4O4. The third-order valence-electron chi connectivity index (χ3n) is 3.30. The van der Waals surface area contributed by atoms with E-state index in [0.29, 0.717) is 0 Å². The average molecular weight is 294 g/mol. The lowest BCUT2D eigenvalue weighted by atomic mass is 10.2. The van der Waals surface area contributed by atoms with Gasteiger partial charge in [0.1, 0.15) is 6.33 Å². The van der Waals surface area contributed by atoms with E-state index in [1.54, 1.807) is 0 Å². The van der Waals surface area contributed by atoms with Crippen LogP contribution in [0.5, 0.6) is 0 Å². The van der Waals surface area contributed by atoms with E-state index in [9.17, 15) is 14.4 Å². The second-order valence-electron chi connectivity index (χ2n) is 4.87. The number of aromatic nitrogens is 4. The highest BCUT2D eigenvalue weighted by atomic mass is 16.7. The zero-order chi connectivity index (χ0) is 15.6. The van der Waals surface area contributed by atoms with Crippen molar-refractivity contribution in [2.24, 2.45) is 14.1 Å². The zero-order valence-electron chi connectivity index (χ0n) is 12.3. The smallest absolute Gasteiger partial charge is 0.332 e. The maximum absolute atomic E-state index is 12.1. The third kappa shape index (κ3) is 2.74. The van der Waals surface area contributed by atoms with Gasteiger partial charge in [-0.25, -0.2) is 14.6 Å². The maximum atomic E-state index is 12.1. The summed E-state index contributed by atoms with van der Waals surface area (Å²) in [4.78, 5) is 44.7. The Kier molecular flexibility index (Phi) is 4.25. The Bertz CT molecular complexity index is 784. The number of carbonyl (C=O) groups is 1. The maximum Gasteiger partial charge on any atom is 0.332 e. The molecule has 114 valence electrons. The van der Waals surface area contributed by atoms with E-state index >= 15 is 0 Å². The first kappa shape index (κ1) is 15.0. The minimum absolute atomic E-state index is 0.0726. The van der Waals surface area contributed by atoms with Crippen molar-refractivity contribution in [1.29, 1.82) is 0 Å². The van der Waals surface area contributed by atoms with Crippen LogP contribution < -0.4 is 16.1 Å². The molecule has 2 aromatic rings. The van der Waals surface area contributed by atoms with Crippen molar-refractivity contribution in [2.45, 2.75) is 32.6 Å². The summed E-state index contributed by atoms with van der Waals surface area (Å²) >= 11 is 0. The second kappa shape index (κ2) is 5.94. The van der Waals surface area contributed by atoms with Gasteiger partial charge in [0.15, 0.2) is 11.2 Å². The molecule has 0 N–H and O–H groups in total. The van der Waals surface area contributed by atoms with Crippen LogP contribution in [0.1, 0.15) is 32.6 Å². The molecule has 0 bridgehead atoms. The zero-order valence-corrected chi connectivity index (χ0v) is 12.3. The van der Waals surface area contributed by atoms with Crippen LogP contribution in [0.15, 0.2) is 15.9 Å². The highest BCUT2D eigenvalue weighted by molar-refractivity contribution is 5.73. The van der Waals surface area contributed by atoms with Crippen LogP contribution in [0.25, 0.3) is 11.2 Å². The Balaban J connectivity index is 2.37. The number of unbranched alkanes of at least 4 members (excludes halogenated alkanes) is 2. The van der Waals surface area contributed by atoms with Gasteiger partial charge in [0, 0.05) is 20.5 Å². The highest BCUT2D eigenvalue weighted by Crippen LogP contribution is 2.05. The molecule has 2 rings (SSSR count). The lowest BCUT2D eigenvalue weighted by molar-refractivity contribution is -0.143. The topological polar surface area (TPSA) is 88.1 Å². The molecule has 2 aromatic heterocycles. The van der Waals surface area contributed by atoms with Crippen molar-refractivity contribution < 1.29 is 9.63 Å². The van der Waals surface area contributed by atoms with Gasteiger partial charge in [-0.2, -0.15) is 4.73 Å². The van der Waals surface area contributed by atoms with Crippen LogP contribution >= 0.6 is 0 Å². The monoisotopic (exact) mass is 294 g/mol. The lowest BCUT2D eigenvalue weighted by Crippen LogP contribution is -2.38. The molecule has 8 heteroatoms. The predicted octanol–water partition coefficient (Wildman–Crippen LogP) is -0.0308. The van der Waals surface area contributed by atoms with E-state index in [4.69, 9.17) is 4.84 Å². The van der Waals surface area contributed by atoms with E-state index in [2.05, 4.69) is 4.98 Å². The standard InChI is InChI=1S/C13H18N4O4/c1-4-5-6-7-9(18)21-17-8-14-11-10(17)12(19)16(3)13(20)15(11)2/h8H,4-7H2,1-3H3. The van der Waals surface area contributed by atoms with Crippen LogP contribution in [-0.2, 0) is 18.9 Å². The number of imidazole rings is 1. The molecule has 8 nitrogen and oxygen atoms in total. The number of aryl methyl sites for hydroxylation is 1. The Morgan fingerprint density at radius 2 is 1.95 bits per heavy atom. The van der Waals surface area contributed by atoms with Gasteiger partial charge in [-0.15, -0.1) is 0 Å². The predicted molar refractivity (Wildman–Crippen MR) is 75.9 cm³/mol. The number of fused-ring (bicyclic) bond motifs is 1. The Morgan fingerprint density at radius 1 is 1.24 bits per heavy atom. The first-order valence-corrected chi connectivity index (χ1v) is 6.81. The van der Waals surface area contributed by atoms with E-state index in [0.717, 1.165) is 28.6 Å². The summed E-state index contributed by atoms with van der Waals surface area (Å²) in [5.74, 6) is -0.432. The Morgan fingerprint density at radius 3 is 2.62 bits per heavy atom. The molecule has 0 aromatic carbocycles. The first-order chi connectivity index (χ1) is 9.97. The molecule has 0 atom stereocenters. The quantitative estimate of drug-likeness (QED) is 0.723. The number of rotatable bonds is 5. The van der Waals surface area contributed by atoms with Gasteiger partial charge < -0.3 is 4.84 Å². The SMILES string of the molecule is CCCCCC(=O)On1cnc2c1c(=O)n(C)c(=O)n2C. The number of nitrogens with zero attached hydrogens (tertiary/aromatic N) is 4. The molecule has 0 spiro atoms. The number of hydrogen-bond donors (Lipinski definition) is 0. The summed E-state index contributed by atoms with van der Waals surface area (Å²) in [7, 11) is 2.87. The summed E-state index contributed by atoms with van der Waals surface area (Å²) in [6, 6.07) is 0. The van der Waals surface area contributed by atoms with E-state index < -0.39 is 17.2 Å². The third-order valence-corrected chi connectivity index (χ3v) is 3.30. The summed E-state index contributed by atoms with van der Waals surface area (Å²) in [6.45, 7) is 2.04. The molecule has 21 heavy (non-hydrogen) atoms. The van der Waals surface area contributed by atoms with Crippen molar-refractivity contribution in [3.63, 3.8) is 0 Å². The van der Waals surface area contributed by atoms with Crippen molar-refractivity contribution >= 4 is 17.1 Å². The minimum Gasteiger partial charge on any atom is -0.335 e. The summed E-state index contributed by atoms with van der Waals surface area (Å²) < 4.78 is 3.22. The molecule has 0 unspecified atom stereocenters. The van der Waals surface area contributed by atoms with Gasteiger partial charge in [-0.3, -0.25) is 13.9 Å². The van der Waals surface area contributed by atoms with E-state index in [1.165, 1.54) is 25.0 Å². The molecule has 0 amide bonds. The first-order valence-electron chi connectivity index (χ1n) is 6.81. The molecule has 0 radical (unpaired) electrons. The Labute approximate surface area is 120 Å². The lowest BCUT2D eigenvalue weighted by Gasteiger charge is -2.06. The largest absolute Gasteiger partial charge is 0.335 e. The van der Waals surface area contributed by atoms with Crippen LogP contribution in [0, 0.1) is 0 Å². The minimum atomic E-state index is -0.549. The van der Waals surface area contributed by atoms with Crippen LogP contribution in [0.2, 0.25) is 0 Å². The van der Waals surface area contributed by atoms with Crippen LogP contribution in [0.3, 0.4) is 0 Å².